The molecule has 3 rings (SSSR count). The van der Waals surface area contributed by atoms with E-state index in [0.717, 1.165) is 24.0 Å². The molecule has 104 valence electrons. The zero-order valence-electron chi connectivity index (χ0n) is 12.0. The molecule has 1 atom stereocenters. The highest BCUT2D eigenvalue weighted by molar-refractivity contribution is 6.00. The van der Waals surface area contributed by atoms with Crippen molar-refractivity contribution in [1.29, 1.82) is 0 Å². The van der Waals surface area contributed by atoms with Crippen molar-refractivity contribution >= 4 is 16.6 Å². The second-order valence-electron chi connectivity index (χ2n) is 5.91. The summed E-state index contributed by atoms with van der Waals surface area (Å²) in [5, 5.41) is 5.74. The number of piperidine rings is 1. The Kier molecular flexibility index (Phi) is 3.83. The molecule has 1 aliphatic rings. The molecule has 2 aromatic carbocycles. The lowest BCUT2D eigenvalue weighted by Gasteiger charge is -2.22. The number of carbonyl (C=O) groups is 1. The lowest BCUT2D eigenvalue weighted by atomic mass is 9.91. The molecule has 1 heterocycles. The predicted octanol–water partition coefficient (Wildman–Crippen LogP) is 3.72. The van der Waals surface area contributed by atoms with Crippen LogP contribution >= 0.6 is 0 Å². The van der Waals surface area contributed by atoms with Crippen molar-refractivity contribution in [3.8, 4) is 0 Å². The lowest BCUT2D eigenvalue weighted by molar-refractivity contribution is 0.0954. The quantitative estimate of drug-likeness (QED) is 0.859. The van der Waals surface area contributed by atoms with Crippen LogP contribution in [-0.2, 0) is 0 Å². The molecule has 2 nitrogen and oxygen atoms in total. The average Bonchev–Trinajstić information content (AvgIpc) is 2.47. The SMILES string of the molecule is Cc1ccc2cc(C(=O)CC3CCCNC3)ccc2c1. The maximum atomic E-state index is 12.4. The van der Waals surface area contributed by atoms with Gasteiger partial charge in [-0.2, -0.15) is 0 Å². The Bertz CT molecular complexity index is 626. The normalized spacial score (nSPS) is 19.1. The third-order valence-corrected chi connectivity index (χ3v) is 4.19. The Hall–Kier alpha value is -1.67. The molecule has 0 spiro atoms. The van der Waals surface area contributed by atoms with Gasteiger partial charge in [-0.1, -0.05) is 35.9 Å². The van der Waals surface area contributed by atoms with Crippen LogP contribution in [-0.4, -0.2) is 18.9 Å². The smallest absolute Gasteiger partial charge is 0.163 e. The van der Waals surface area contributed by atoms with Crippen LogP contribution in [0.2, 0.25) is 0 Å². The molecular weight excluding hydrogens is 246 g/mol. The third-order valence-electron chi connectivity index (χ3n) is 4.19. The number of aryl methyl sites for hydroxylation is 1. The van der Waals surface area contributed by atoms with E-state index in [1.807, 2.05) is 12.1 Å². The molecule has 1 fully saturated rings. The van der Waals surface area contributed by atoms with Gasteiger partial charge in [0.1, 0.15) is 0 Å². The minimum absolute atomic E-state index is 0.279. The van der Waals surface area contributed by atoms with Crippen molar-refractivity contribution in [2.24, 2.45) is 5.92 Å². The molecular formula is C18H21NO. The molecule has 1 unspecified atom stereocenters. The van der Waals surface area contributed by atoms with Gasteiger partial charge in [-0.05, 0) is 55.6 Å². The van der Waals surface area contributed by atoms with Crippen LogP contribution in [0, 0.1) is 12.8 Å². The third kappa shape index (κ3) is 2.91. The fourth-order valence-electron chi connectivity index (χ4n) is 3.02. The minimum atomic E-state index is 0.279. The second kappa shape index (κ2) is 5.76. The van der Waals surface area contributed by atoms with Crippen LogP contribution in [0.25, 0.3) is 10.8 Å². The molecule has 0 radical (unpaired) electrons. The summed E-state index contributed by atoms with van der Waals surface area (Å²) in [7, 11) is 0. The van der Waals surface area contributed by atoms with Crippen molar-refractivity contribution in [1.82, 2.24) is 5.32 Å². The van der Waals surface area contributed by atoms with Gasteiger partial charge in [0.25, 0.3) is 0 Å². The van der Waals surface area contributed by atoms with Crippen LogP contribution in [0.5, 0.6) is 0 Å². The van der Waals surface area contributed by atoms with Gasteiger partial charge >= 0.3 is 0 Å². The Morgan fingerprint density at radius 3 is 2.80 bits per heavy atom. The molecule has 1 N–H and O–H groups in total. The maximum Gasteiger partial charge on any atom is 0.163 e. The first-order valence-corrected chi connectivity index (χ1v) is 7.47. The fraction of sp³-hybridized carbons (Fsp3) is 0.389. The lowest BCUT2D eigenvalue weighted by Crippen LogP contribution is -2.31. The van der Waals surface area contributed by atoms with E-state index in [4.69, 9.17) is 0 Å². The van der Waals surface area contributed by atoms with Crippen LogP contribution in [0.15, 0.2) is 36.4 Å². The van der Waals surface area contributed by atoms with Gasteiger partial charge in [0, 0.05) is 12.0 Å². The van der Waals surface area contributed by atoms with Crippen LogP contribution < -0.4 is 5.32 Å². The molecule has 0 amide bonds. The molecule has 1 saturated heterocycles. The summed E-state index contributed by atoms with van der Waals surface area (Å²) in [6.07, 6.45) is 3.03. The van der Waals surface area contributed by atoms with Crippen molar-refractivity contribution < 1.29 is 4.79 Å². The molecule has 0 saturated carbocycles. The van der Waals surface area contributed by atoms with E-state index in [1.165, 1.54) is 23.8 Å². The van der Waals surface area contributed by atoms with Crippen molar-refractivity contribution in [3.05, 3.63) is 47.5 Å². The highest BCUT2D eigenvalue weighted by atomic mass is 16.1. The van der Waals surface area contributed by atoms with E-state index in [1.54, 1.807) is 0 Å². The molecule has 0 aliphatic carbocycles. The van der Waals surface area contributed by atoms with E-state index >= 15 is 0 Å². The molecule has 2 heteroatoms. The Morgan fingerprint density at radius 2 is 2.00 bits per heavy atom. The molecule has 2 aromatic rings. The molecule has 1 aliphatic heterocycles. The molecule has 0 bridgehead atoms. The summed E-state index contributed by atoms with van der Waals surface area (Å²) in [6.45, 7) is 4.17. The van der Waals surface area contributed by atoms with Crippen molar-refractivity contribution in [2.75, 3.05) is 13.1 Å². The number of nitrogens with one attached hydrogen (secondary N) is 1. The fourth-order valence-corrected chi connectivity index (χ4v) is 3.02. The number of hydrogen-bond acceptors (Lipinski definition) is 2. The number of carbonyl (C=O) groups excluding carboxylic acids is 1. The van der Waals surface area contributed by atoms with Gasteiger partial charge in [0.2, 0.25) is 0 Å². The van der Waals surface area contributed by atoms with E-state index in [0.29, 0.717) is 12.3 Å². The number of benzene rings is 2. The first-order valence-electron chi connectivity index (χ1n) is 7.47. The Morgan fingerprint density at radius 1 is 1.20 bits per heavy atom. The molecule has 20 heavy (non-hydrogen) atoms. The van der Waals surface area contributed by atoms with Gasteiger partial charge < -0.3 is 5.32 Å². The van der Waals surface area contributed by atoms with Gasteiger partial charge in [-0.3, -0.25) is 4.79 Å². The largest absolute Gasteiger partial charge is 0.316 e. The zero-order valence-corrected chi connectivity index (χ0v) is 12.0. The van der Waals surface area contributed by atoms with Crippen LogP contribution in [0.1, 0.15) is 35.2 Å². The number of fused-ring (bicyclic) bond motifs is 1. The number of ketones is 1. The van der Waals surface area contributed by atoms with E-state index < -0.39 is 0 Å². The highest BCUT2D eigenvalue weighted by Crippen LogP contribution is 2.21. The minimum Gasteiger partial charge on any atom is -0.316 e. The number of hydrogen-bond donors (Lipinski definition) is 1. The number of rotatable bonds is 3. The van der Waals surface area contributed by atoms with Crippen LogP contribution in [0.3, 0.4) is 0 Å². The highest BCUT2D eigenvalue weighted by Gasteiger charge is 2.17. The predicted molar refractivity (Wildman–Crippen MR) is 83.2 cm³/mol. The van der Waals surface area contributed by atoms with Crippen molar-refractivity contribution in [2.45, 2.75) is 26.2 Å². The Balaban J connectivity index is 1.78. The second-order valence-corrected chi connectivity index (χ2v) is 5.91. The van der Waals surface area contributed by atoms with E-state index in [9.17, 15) is 4.79 Å². The molecule has 0 aromatic heterocycles. The standard InChI is InChI=1S/C18H21NO/c1-13-4-5-16-11-17(7-6-15(16)9-13)18(20)10-14-3-2-8-19-12-14/h4-7,9,11,14,19H,2-3,8,10,12H2,1H3. The summed E-state index contributed by atoms with van der Waals surface area (Å²) in [6, 6.07) is 12.4. The first kappa shape index (κ1) is 13.3. The van der Waals surface area contributed by atoms with Gasteiger partial charge in [-0.15, -0.1) is 0 Å². The zero-order chi connectivity index (χ0) is 13.9. The summed E-state index contributed by atoms with van der Waals surface area (Å²) in [5.74, 6) is 0.783. The van der Waals surface area contributed by atoms with Crippen molar-refractivity contribution in [3.63, 3.8) is 0 Å². The summed E-state index contributed by atoms with van der Waals surface area (Å²) >= 11 is 0. The van der Waals surface area contributed by atoms with E-state index in [2.05, 4.69) is 36.5 Å². The monoisotopic (exact) mass is 267 g/mol. The van der Waals surface area contributed by atoms with Gasteiger partial charge in [0.15, 0.2) is 5.78 Å². The summed E-state index contributed by atoms with van der Waals surface area (Å²) in [4.78, 5) is 12.4. The topological polar surface area (TPSA) is 29.1 Å². The van der Waals surface area contributed by atoms with Crippen LogP contribution in [0.4, 0.5) is 0 Å². The van der Waals surface area contributed by atoms with Gasteiger partial charge in [0.05, 0.1) is 0 Å². The average molecular weight is 267 g/mol. The summed E-state index contributed by atoms with van der Waals surface area (Å²) < 4.78 is 0. The summed E-state index contributed by atoms with van der Waals surface area (Å²) in [5.41, 5.74) is 2.11. The maximum absolute atomic E-state index is 12.4. The van der Waals surface area contributed by atoms with E-state index in [-0.39, 0.29) is 5.78 Å². The first-order chi connectivity index (χ1) is 9.72. The Labute approximate surface area is 120 Å². The number of Topliss-reactive ketones (excluding diaryl/α,β-unsaturated/α-hetero) is 1. The van der Waals surface area contributed by atoms with Gasteiger partial charge in [-0.25, -0.2) is 0 Å².